The number of thiophene rings is 1. The Labute approximate surface area is 114 Å². The van der Waals surface area contributed by atoms with Crippen molar-refractivity contribution in [2.24, 2.45) is 0 Å². The molecule has 18 heavy (non-hydrogen) atoms. The van der Waals surface area contributed by atoms with Gasteiger partial charge in [0.25, 0.3) is 0 Å². The molecule has 1 aromatic rings. The summed E-state index contributed by atoms with van der Waals surface area (Å²) >= 11 is 1.48. The van der Waals surface area contributed by atoms with E-state index in [1.807, 2.05) is 20.8 Å². The highest BCUT2D eigenvalue weighted by Crippen LogP contribution is 2.23. The first kappa shape index (κ1) is 15.6. The number of hydrogen-bond donors (Lipinski definition) is 1. The molecule has 1 unspecified atom stereocenters. The van der Waals surface area contributed by atoms with Crippen molar-refractivity contribution in [3.63, 3.8) is 0 Å². The van der Waals surface area contributed by atoms with Gasteiger partial charge < -0.3 is 5.32 Å². The van der Waals surface area contributed by atoms with Gasteiger partial charge in [-0.05, 0) is 26.0 Å². The molecule has 1 atom stereocenters. The van der Waals surface area contributed by atoms with Crippen molar-refractivity contribution in [1.82, 2.24) is 9.62 Å². The van der Waals surface area contributed by atoms with Crippen molar-refractivity contribution in [1.29, 1.82) is 0 Å². The minimum absolute atomic E-state index is 0.0205. The Bertz CT molecular complexity index is 468. The smallest absolute Gasteiger partial charge is 0.243 e. The van der Waals surface area contributed by atoms with Crippen molar-refractivity contribution in [2.75, 3.05) is 13.6 Å². The fraction of sp³-hybridized carbons (Fsp3) is 0.667. The summed E-state index contributed by atoms with van der Waals surface area (Å²) in [5, 5.41) is 4.92. The van der Waals surface area contributed by atoms with Crippen LogP contribution < -0.4 is 5.32 Å². The number of sulfonamides is 1. The molecular formula is C12H22N2O2S2. The third-order valence-corrected chi connectivity index (χ3v) is 6.10. The van der Waals surface area contributed by atoms with E-state index >= 15 is 0 Å². The van der Waals surface area contributed by atoms with E-state index in [0.717, 1.165) is 24.4 Å². The molecule has 104 valence electrons. The predicted molar refractivity (Wildman–Crippen MR) is 76.4 cm³/mol. The summed E-state index contributed by atoms with van der Waals surface area (Å²) in [6.07, 6.45) is 0.810. The van der Waals surface area contributed by atoms with Crippen LogP contribution >= 0.6 is 11.3 Å². The monoisotopic (exact) mass is 290 g/mol. The summed E-state index contributed by atoms with van der Waals surface area (Å²) in [4.78, 5) is 1.45. The van der Waals surface area contributed by atoms with Gasteiger partial charge in [-0.15, -0.1) is 11.3 Å². The van der Waals surface area contributed by atoms with Crippen LogP contribution in [-0.4, -0.2) is 32.4 Å². The van der Waals surface area contributed by atoms with E-state index in [9.17, 15) is 8.42 Å². The number of nitrogens with one attached hydrogen (secondary N) is 1. The highest BCUT2D eigenvalue weighted by atomic mass is 32.2. The summed E-state index contributed by atoms with van der Waals surface area (Å²) in [6.45, 7) is 7.54. The molecule has 0 amide bonds. The molecule has 0 radical (unpaired) electrons. The maximum atomic E-state index is 12.3. The first-order valence-corrected chi connectivity index (χ1v) is 8.51. The molecule has 1 heterocycles. The molecule has 0 aromatic carbocycles. The minimum atomic E-state index is -3.34. The standard InChI is InChI=1S/C12H22N2O2S2/c1-5-10(3)14(4)18(15,16)12-7-11(17-9-12)8-13-6-2/h7,9-10,13H,5-6,8H2,1-4H3. The maximum Gasteiger partial charge on any atom is 0.243 e. The Hall–Kier alpha value is -0.430. The van der Waals surface area contributed by atoms with Crippen LogP contribution in [0.25, 0.3) is 0 Å². The Balaban J connectivity index is 2.88. The fourth-order valence-corrected chi connectivity index (χ4v) is 4.16. The van der Waals surface area contributed by atoms with E-state index in [1.54, 1.807) is 18.5 Å². The molecule has 0 saturated heterocycles. The molecule has 1 aromatic heterocycles. The lowest BCUT2D eigenvalue weighted by atomic mass is 10.3. The van der Waals surface area contributed by atoms with E-state index in [2.05, 4.69) is 5.32 Å². The molecule has 1 rings (SSSR count). The molecule has 0 aliphatic rings. The lowest BCUT2D eigenvalue weighted by Crippen LogP contribution is -2.34. The van der Waals surface area contributed by atoms with Crippen LogP contribution in [0.15, 0.2) is 16.3 Å². The normalized spacial score (nSPS) is 14.1. The van der Waals surface area contributed by atoms with Gasteiger partial charge in [0.2, 0.25) is 10.0 Å². The van der Waals surface area contributed by atoms with E-state index in [1.165, 1.54) is 15.6 Å². The largest absolute Gasteiger partial charge is 0.312 e. The predicted octanol–water partition coefficient (Wildman–Crippen LogP) is 2.28. The quantitative estimate of drug-likeness (QED) is 0.838. The van der Waals surface area contributed by atoms with Gasteiger partial charge in [0.15, 0.2) is 0 Å². The third-order valence-electron chi connectivity index (χ3n) is 3.07. The molecular weight excluding hydrogens is 268 g/mol. The molecule has 0 aliphatic heterocycles. The van der Waals surface area contributed by atoms with Gasteiger partial charge in [0.05, 0.1) is 4.90 Å². The molecule has 6 heteroatoms. The van der Waals surface area contributed by atoms with Crippen LogP contribution in [0.3, 0.4) is 0 Å². The topological polar surface area (TPSA) is 49.4 Å². The lowest BCUT2D eigenvalue weighted by Gasteiger charge is -2.22. The van der Waals surface area contributed by atoms with Crippen LogP contribution in [0.5, 0.6) is 0 Å². The zero-order valence-electron chi connectivity index (χ0n) is 11.4. The zero-order chi connectivity index (χ0) is 13.8. The molecule has 1 N–H and O–H groups in total. The average Bonchev–Trinajstić information content (AvgIpc) is 2.83. The Kier molecular flexibility index (Phi) is 5.78. The second-order valence-electron chi connectivity index (χ2n) is 4.31. The third kappa shape index (κ3) is 3.54. The summed E-state index contributed by atoms with van der Waals surface area (Å²) in [7, 11) is -1.69. The van der Waals surface area contributed by atoms with Crippen LogP contribution in [0.4, 0.5) is 0 Å². The van der Waals surface area contributed by atoms with Crippen LogP contribution in [0.1, 0.15) is 32.1 Å². The Morgan fingerprint density at radius 2 is 2.11 bits per heavy atom. The first-order valence-electron chi connectivity index (χ1n) is 6.19. The lowest BCUT2D eigenvalue weighted by molar-refractivity contribution is 0.381. The summed E-state index contributed by atoms with van der Waals surface area (Å²) in [5.74, 6) is 0. The van der Waals surface area contributed by atoms with Gasteiger partial charge in [-0.3, -0.25) is 0 Å². The zero-order valence-corrected chi connectivity index (χ0v) is 13.1. The highest BCUT2D eigenvalue weighted by molar-refractivity contribution is 7.89. The Morgan fingerprint density at radius 1 is 1.44 bits per heavy atom. The van der Waals surface area contributed by atoms with E-state index < -0.39 is 10.0 Å². The number of rotatable bonds is 7. The van der Waals surface area contributed by atoms with Crippen molar-refractivity contribution < 1.29 is 8.42 Å². The Morgan fingerprint density at radius 3 is 2.67 bits per heavy atom. The number of hydrogen-bond acceptors (Lipinski definition) is 4. The van der Waals surface area contributed by atoms with Gasteiger partial charge in [-0.1, -0.05) is 13.8 Å². The fourth-order valence-electron chi connectivity index (χ4n) is 1.50. The van der Waals surface area contributed by atoms with E-state index in [4.69, 9.17) is 0 Å². The summed E-state index contributed by atoms with van der Waals surface area (Å²) in [5.41, 5.74) is 0. The van der Waals surface area contributed by atoms with E-state index in [0.29, 0.717) is 4.90 Å². The minimum Gasteiger partial charge on any atom is -0.312 e. The molecule has 0 bridgehead atoms. The van der Waals surface area contributed by atoms with Crippen LogP contribution in [0, 0.1) is 0 Å². The van der Waals surface area contributed by atoms with E-state index in [-0.39, 0.29) is 6.04 Å². The molecule has 4 nitrogen and oxygen atoms in total. The molecule has 0 saturated carbocycles. The maximum absolute atomic E-state index is 12.3. The van der Waals surface area contributed by atoms with Crippen molar-refractivity contribution >= 4 is 21.4 Å². The van der Waals surface area contributed by atoms with Gasteiger partial charge in [0, 0.05) is 29.9 Å². The summed E-state index contributed by atoms with van der Waals surface area (Å²) < 4.78 is 26.1. The van der Waals surface area contributed by atoms with Crippen molar-refractivity contribution in [3.05, 3.63) is 16.3 Å². The first-order chi connectivity index (χ1) is 8.43. The van der Waals surface area contributed by atoms with Crippen molar-refractivity contribution in [2.45, 2.75) is 44.7 Å². The summed E-state index contributed by atoms with van der Waals surface area (Å²) in [6, 6.07) is 1.79. The molecule has 0 fully saturated rings. The molecule has 0 aliphatic carbocycles. The van der Waals surface area contributed by atoms with Gasteiger partial charge in [0.1, 0.15) is 0 Å². The van der Waals surface area contributed by atoms with Gasteiger partial charge in [-0.2, -0.15) is 4.31 Å². The van der Waals surface area contributed by atoms with Crippen molar-refractivity contribution in [3.8, 4) is 0 Å². The van der Waals surface area contributed by atoms with Gasteiger partial charge in [-0.25, -0.2) is 8.42 Å². The average molecular weight is 290 g/mol. The number of nitrogens with zero attached hydrogens (tertiary/aromatic N) is 1. The SMILES string of the molecule is CCNCc1cc(S(=O)(=O)N(C)C(C)CC)cs1. The highest BCUT2D eigenvalue weighted by Gasteiger charge is 2.25. The van der Waals surface area contributed by atoms with Crippen LogP contribution in [0.2, 0.25) is 0 Å². The van der Waals surface area contributed by atoms with Crippen LogP contribution in [-0.2, 0) is 16.6 Å². The molecule has 0 spiro atoms. The van der Waals surface area contributed by atoms with Gasteiger partial charge >= 0.3 is 0 Å². The second kappa shape index (κ2) is 6.65. The second-order valence-corrected chi connectivity index (χ2v) is 7.30.